The smallest absolute Gasteiger partial charge is 0.237 e. The summed E-state index contributed by atoms with van der Waals surface area (Å²) in [5.74, 6) is 0.201. The third-order valence-corrected chi connectivity index (χ3v) is 2.80. The van der Waals surface area contributed by atoms with E-state index in [0.29, 0.717) is 0 Å². The lowest BCUT2D eigenvalue weighted by atomic mass is 10.2. The Bertz CT molecular complexity index is 193. The topological polar surface area (TPSA) is 41.1 Å². The summed E-state index contributed by atoms with van der Waals surface area (Å²) in [7, 11) is 0. The van der Waals surface area contributed by atoms with E-state index in [1.807, 2.05) is 0 Å². The molecule has 3 heteroatoms. The van der Waals surface area contributed by atoms with E-state index in [-0.39, 0.29) is 17.5 Å². The highest BCUT2D eigenvalue weighted by Gasteiger charge is 2.40. The Morgan fingerprint density at radius 3 is 2.83 bits per heavy atom. The van der Waals surface area contributed by atoms with Gasteiger partial charge in [0.05, 0.1) is 6.04 Å². The van der Waals surface area contributed by atoms with Crippen LogP contribution in [0.2, 0.25) is 0 Å². The van der Waals surface area contributed by atoms with Crippen LogP contribution in [0.4, 0.5) is 0 Å². The number of amides is 1. The fourth-order valence-corrected chi connectivity index (χ4v) is 1.61. The van der Waals surface area contributed by atoms with Gasteiger partial charge in [0.15, 0.2) is 0 Å². The fraction of sp³-hybridized carbons (Fsp3) is 0.889. The molecule has 1 aliphatic heterocycles. The molecule has 1 saturated heterocycles. The molecule has 0 spiro atoms. The van der Waals surface area contributed by atoms with E-state index in [9.17, 15) is 4.79 Å². The lowest BCUT2D eigenvalue weighted by molar-refractivity contribution is -0.123. The van der Waals surface area contributed by atoms with Crippen LogP contribution >= 0.6 is 0 Å². The van der Waals surface area contributed by atoms with Crippen LogP contribution in [0.15, 0.2) is 0 Å². The summed E-state index contributed by atoms with van der Waals surface area (Å²) < 4.78 is 0. The maximum atomic E-state index is 11.5. The molecule has 0 bridgehead atoms. The summed E-state index contributed by atoms with van der Waals surface area (Å²) in [5.41, 5.74) is 0.140. The number of carbonyl (C=O) groups excluding carboxylic acids is 1. The van der Waals surface area contributed by atoms with E-state index >= 15 is 0 Å². The van der Waals surface area contributed by atoms with Crippen LogP contribution < -0.4 is 10.6 Å². The molecule has 2 fully saturated rings. The number of nitrogens with one attached hydrogen (secondary N) is 2. The SMILES string of the molecule is CC1(NC(=O)[C@@H]2CCCN2)CC1. The van der Waals surface area contributed by atoms with Crippen molar-refractivity contribution in [1.29, 1.82) is 0 Å². The lowest BCUT2D eigenvalue weighted by Crippen LogP contribution is -2.45. The normalized spacial score (nSPS) is 31.6. The molecule has 3 nitrogen and oxygen atoms in total. The maximum absolute atomic E-state index is 11.5. The van der Waals surface area contributed by atoms with Crippen LogP contribution in [-0.2, 0) is 4.79 Å². The van der Waals surface area contributed by atoms with E-state index in [4.69, 9.17) is 0 Å². The summed E-state index contributed by atoms with van der Waals surface area (Å²) >= 11 is 0. The summed E-state index contributed by atoms with van der Waals surface area (Å²) in [6, 6.07) is 0.0856. The Hall–Kier alpha value is -0.570. The molecule has 1 amide bonds. The number of hydrogen-bond acceptors (Lipinski definition) is 2. The zero-order chi connectivity index (χ0) is 8.60. The van der Waals surface area contributed by atoms with Crippen LogP contribution in [0, 0.1) is 0 Å². The second kappa shape index (κ2) is 2.73. The van der Waals surface area contributed by atoms with Gasteiger partial charge in [-0.1, -0.05) is 0 Å². The zero-order valence-corrected chi connectivity index (χ0v) is 7.52. The van der Waals surface area contributed by atoms with Gasteiger partial charge in [-0.2, -0.15) is 0 Å². The highest BCUT2D eigenvalue weighted by atomic mass is 16.2. The molecule has 12 heavy (non-hydrogen) atoms. The first-order chi connectivity index (χ1) is 5.70. The minimum atomic E-state index is 0.0856. The zero-order valence-electron chi connectivity index (χ0n) is 7.52. The highest BCUT2D eigenvalue weighted by Crippen LogP contribution is 2.34. The van der Waals surface area contributed by atoms with Gasteiger partial charge in [0, 0.05) is 5.54 Å². The Labute approximate surface area is 72.9 Å². The van der Waals surface area contributed by atoms with Gasteiger partial charge in [0.1, 0.15) is 0 Å². The second-order valence-corrected chi connectivity index (χ2v) is 4.20. The number of hydrogen-bond donors (Lipinski definition) is 2. The van der Waals surface area contributed by atoms with Crippen molar-refractivity contribution in [1.82, 2.24) is 10.6 Å². The first kappa shape index (κ1) is 8.05. The molecule has 0 radical (unpaired) electrons. The Morgan fingerprint density at radius 1 is 1.58 bits per heavy atom. The predicted octanol–water partition coefficient (Wildman–Crippen LogP) is 0.407. The molecule has 68 valence electrons. The van der Waals surface area contributed by atoms with Crippen molar-refractivity contribution in [3.05, 3.63) is 0 Å². The molecule has 2 rings (SSSR count). The first-order valence-corrected chi connectivity index (χ1v) is 4.75. The Kier molecular flexibility index (Phi) is 1.83. The molecule has 2 aliphatic rings. The fourth-order valence-electron chi connectivity index (χ4n) is 1.61. The molecule has 0 aromatic carbocycles. The standard InChI is InChI=1S/C9H16N2O/c1-9(4-5-9)11-8(12)7-3-2-6-10-7/h7,10H,2-6H2,1H3,(H,11,12)/t7-/m0/s1. The lowest BCUT2D eigenvalue weighted by Gasteiger charge is -2.15. The van der Waals surface area contributed by atoms with Crippen LogP contribution in [0.3, 0.4) is 0 Å². The van der Waals surface area contributed by atoms with Gasteiger partial charge in [-0.25, -0.2) is 0 Å². The average molecular weight is 168 g/mol. The quantitative estimate of drug-likeness (QED) is 0.627. The molecular formula is C9H16N2O. The van der Waals surface area contributed by atoms with E-state index in [1.54, 1.807) is 0 Å². The van der Waals surface area contributed by atoms with Crippen molar-refractivity contribution in [2.45, 2.75) is 44.2 Å². The minimum Gasteiger partial charge on any atom is -0.350 e. The Balaban J connectivity index is 1.83. The molecule has 1 saturated carbocycles. The van der Waals surface area contributed by atoms with Gasteiger partial charge >= 0.3 is 0 Å². The second-order valence-electron chi connectivity index (χ2n) is 4.20. The molecule has 1 heterocycles. The molecule has 2 N–H and O–H groups in total. The molecule has 0 aromatic heterocycles. The summed E-state index contributed by atoms with van der Waals surface area (Å²) in [6.45, 7) is 3.11. The maximum Gasteiger partial charge on any atom is 0.237 e. The van der Waals surface area contributed by atoms with Crippen molar-refractivity contribution < 1.29 is 4.79 Å². The minimum absolute atomic E-state index is 0.0856. The molecule has 1 atom stereocenters. The average Bonchev–Trinajstić information content (AvgIpc) is 2.55. The van der Waals surface area contributed by atoms with E-state index in [1.165, 1.54) is 0 Å². The van der Waals surface area contributed by atoms with Crippen LogP contribution in [0.5, 0.6) is 0 Å². The molecule has 0 unspecified atom stereocenters. The van der Waals surface area contributed by atoms with Crippen molar-refractivity contribution in [3.8, 4) is 0 Å². The van der Waals surface area contributed by atoms with Crippen LogP contribution in [-0.4, -0.2) is 24.0 Å². The highest BCUT2D eigenvalue weighted by molar-refractivity contribution is 5.83. The van der Waals surface area contributed by atoms with Gasteiger partial charge < -0.3 is 10.6 Å². The summed E-state index contributed by atoms with van der Waals surface area (Å²) in [4.78, 5) is 11.5. The molecule has 0 aromatic rings. The van der Waals surface area contributed by atoms with Crippen LogP contribution in [0.25, 0.3) is 0 Å². The van der Waals surface area contributed by atoms with Crippen molar-refractivity contribution in [3.63, 3.8) is 0 Å². The van der Waals surface area contributed by atoms with Crippen molar-refractivity contribution in [2.24, 2.45) is 0 Å². The largest absolute Gasteiger partial charge is 0.350 e. The van der Waals surface area contributed by atoms with Gasteiger partial charge in [-0.3, -0.25) is 4.79 Å². The van der Waals surface area contributed by atoms with Gasteiger partial charge in [0.2, 0.25) is 5.91 Å². The van der Waals surface area contributed by atoms with E-state index < -0.39 is 0 Å². The Morgan fingerprint density at radius 2 is 2.33 bits per heavy atom. The number of rotatable bonds is 2. The van der Waals surface area contributed by atoms with E-state index in [2.05, 4.69) is 17.6 Å². The summed E-state index contributed by atoms with van der Waals surface area (Å²) in [5, 5.41) is 6.27. The van der Waals surface area contributed by atoms with Crippen LogP contribution in [0.1, 0.15) is 32.6 Å². The molecule has 1 aliphatic carbocycles. The third kappa shape index (κ3) is 1.61. The van der Waals surface area contributed by atoms with Crippen molar-refractivity contribution >= 4 is 5.91 Å². The number of carbonyl (C=O) groups is 1. The predicted molar refractivity (Wildman–Crippen MR) is 46.8 cm³/mol. The third-order valence-electron chi connectivity index (χ3n) is 2.80. The van der Waals surface area contributed by atoms with Gasteiger partial charge in [-0.05, 0) is 39.2 Å². The molecular weight excluding hydrogens is 152 g/mol. The summed E-state index contributed by atoms with van der Waals surface area (Å²) in [6.07, 6.45) is 4.42. The monoisotopic (exact) mass is 168 g/mol. The first-order valence-electron chi connectivity index (χ1n) is 4.75. The van der Waals surface area contributed by atoms with Crippen molar-refractivity contribution in [2.75, 3.05) is 6.54 Å². The van der Waals surface area contributed by atoms with Gasteiger partial charge in [-0.15, -0.1) is 0 Å². The van der Waals surface area contributed by atoms with Gasteiger partial charge in [0.25, 0.3) is 0 Å². The van der Waals surface area contributed by atoms with E-state index in [0.717, 1.165) is 32.2 Å².